The van der Waals surface area contributed by atoms with Crippen LogP contribution in [-0.4, -0.2) is 0 Å². The molecule has 0 radical (unpaired) electrons. The van der Waals surface area contributed by atoms with Crippen molar-refractivity contribution < 1.29 is 4.42 Å². The summed E-state index contributed by atoms with van der Waals surface area (Å²) in [6, 6.07) is 51.3. The molecule has 8 aromatic carbocycles. The Kier molecular flexibility index (Phi) is 7.68. The normalized spacial score (nSPS) is 11.9. The van der Waals surface area contributed by atoms with Crippen LogP contribution in [0.5, 0.6) is 0 Å². The number of benzene rings is 8. The van der Waals surface area contributed by atoms with Gasteiger partial charge in [0.25, 0.3) is 0 Å². The number of aryl methyl sites for hydroxylation is 1. The Hall–Kier alpha value is -6.48. The molecular formula is C52H36OS. The maximum absolute atomic E-state index is 5.72. The van der Waals surface area contributed by atoms with Gasteiger partial charge < -0.3 is 4.42 Å². The number of thiophene rings is 1. The molecule has 54 heavy (non-hydrogen) atoms. The third-order valence-corrected chi connectivity index (χ3v) is 12.2. The molecule has 256 valence electrons. The van der Waals surface area contributed by atoms with E-state index in [2.05, 4.69) is 172 Å². The van der Waals surface area contributed by atoms with Gasteiger partial charge in [-0.25, -0.2) is 0 Å². The third-order valence-electron chi connectivity index (χ3n) is 11.0. The van der Waals surface area contributed by atoms with E-state index in [1.807, 2.05) is 29.9 Å². The summed E-state index contributed by atoms with van der Waals surface area (Å²) < 4.78 is 8.29. The number of fused-ring (bicyclic) bond motifs is 6. The van der Waals surface area contributed by atoms with E-state index in [1.165, 1.54) is 91.4 Å². The number of hydrogen-bond acceptors (Lipinski definition) is 2. The van der Waals surface area contributed by atoms with E-state index in [-0.39, 0.29) is 0 Å². The lowest BCUT2D eigenvalue weighted by Gasteiger charge is -2.20. The van der Waals surface area contributed by atoms with Crippen LogP contribution in [0.3, 0.4) is 0 Å². The zero-order valence-corrected chi connectivity index (χ0v) is 31.0. The Balaban J connectivity index is 1.25. The van der Waals surface area contributed by atoms with Crippen LogP contribution >= 0.6 is 11.3 Å². The Morgan fingerprint density at radius 2 is 1.06 bits per heavy atom. The molecular weight excluding hydrogens is 673 g/mol. The predicted octanol–water partition coefficient (Wildman–Crippen LogP) is 15.8. The first-order chi connectivity index (χ1) is 26.7. The first-order valence-electron chi connectivity index (χ1n) is 18.5. The van der Waals surface area contributed by atoms with Crippen LogP contribution in [0.1, 0.15) is 23.6 Å². The zero-order valence-electron chi connectivity index (χ0n) is 30.2. The standard InChI is InChI=1S/C52H36OS/c1-4-16-37-35(5-2)50(46-31-53-30-32(46)3)42-23-13-14-24-43(42)51(37)45-26-15-25-44-36-28-27-34(29-47(36)54-52(44)45)49-40-21-11-9-19-38(40)48(33-17-7-6-8-18-33)39-20-10-12-22-41(39)49/h4-31H,2H2,1,3H3/b16-4-. The summed E-state index contributed by atoms with van der Waals surface area (Å²) in [7, 11) is 0. The van der Waals surface area contributed by atoms with Gasteiger partial charge >= 0.3 is 0 Å². The van der Waals surface area contributed by atoms with Crippen molar-refractivity contribution in [3.63, 3.8) is 0 Å². The van der Waals surface area contributed by atoms with E-state index >= 15 is 0 Å². The molecule has 2 heterocycles. The fourth-order valence-corrected chi connectivity index (χ4v) is 10.00. The Bertz CT molecular complexity index is 3080. The quantitative estimate of drug-likeness (QED) is 0.157. The summed E-state index contributed by atoms with van der Waals surface area (Å²) in [5.74, 6) is 0. The number of rotatable bonds is 6. The first-order valence-corrected chi connectivity index (χ1v) is 19.3. The minimum Gasteiger partial charge on any atom is -0.472 e. The summed E-state index contributed by atoms with van der Waals surface area (Å²) in [4.78, 5) is 0. The second kappa shape index (κ2) is 12.9. The number of allylic oxidation sites excluding steroid dienone is 1. The molecule has 1 nitrogen and oxygen atoms in total. The van der Waals surface area contributed by atoms with E-state index in [0.29, 0.717) is 0 Å². The van der Waals surface area contributed by atoms with Crippen molar-refractivity contribution in [2.75, 3.05) is 0 Å². The molecule has 10 rings (SSSR count). The monoisotopic (exact) mass is 708 g/mol. The topological polar surface area (TPSA) is 13.1 Å². The van der Waals surface area contributed by atoms with Crippen molar-refractivity contribution in [1.82, 2.24) is 0 Å². The molecule has 0 spiro atoms. The maximum atomic E-state index is 5.72. The average molecular weight is 709 g/mol. The minimum absolute atomic E-state index is 1.10. The molecule has 0 saturated heterocycles. The molecule has 0 N–H and O–H groups in total. The first kappa shape index (κ1) is 32.2. The molecule has 0 fully saturated rings. The van der Waals surface area contributed by atoms with Crippen LogP contribution in [0, 0.1) is 6.92 Å². The largest absolute Gasteiger partial charge is 0.472 e. The summed E-state index contributed by atoms with van der Waals surface area (Å²) in [6.45, 7) is 8.56. The van der Waals surface area contributed by atoms with Crippen molar-refractivity contribution in [3.05, 3.63) is 181 Å². The van der Waals surface area contributed by atoms with Gasteiger partial charge in [-0.3, -0.25) is 0 Å². The lowest BCUT2D eigenvalue weighted by atomic mass is 9.83. The Morgan fingerprint density at radius 1 is 0.500 bits per heavy atom. The van der Waals surface area contributed by atoms with Gasteiger partial charge in [-0.05, 0) is 96.7 Å². The minimum atomic E-state index is 1.10. The molecule has 0 saturated carbocycles. The molecule has 0 aliphatic heterocycles. The lowest BCUT2D eigenvalue weighted by molar-refractivity contribution is 0.566. The highest BCUT2D eigenvalue weighted by Crippen LogP contribution is 2.50. The van der Waals surface area contributed by atoms with Gasteiger partial charge in [0, 0.05) is 36.9 Å². The smallest absolute Gasteiger partial charge is 0.0984 e. The van der Waals surface area contributed by atoms with E-state index in [1.54, 1.807) is 0 Å². The average Bonchev–Trinajstić information content (AvgIpc) is 3.82. The lowest BCUT2D eigenvalue weighted by Crippen LogP contribution is -1.96. The predicted molar refractivity (Wildman–Crippen MR) is 235 cm³/mol. The van der Waals surface area contributed by atoms with Gasteiger partial charge in [-0.15, -0.1) is 11.3 Å². The summed E-state index contributed by atoms with van der Waals surface area (Å²) in [5, 5.41) is 10.0. The van der Waals surface area contributed by atoms with Crippen LogP contribution in [0.15, 0.2) is 169 Å². The van der Waals surface area contributed by atoms with Crippen LogP contribution in [0.25, 0.3) is 109 Å². The van der Waals surface area contributed by atoms with Crippen LogP contribution in [0.4, 0.5) is 0 Å². The van der Waals surface area contributed by atoms with Gasteiger partial charge in [0.05, 0.1) is 12.5 Å². The Morgan fingerprint density at radius 3 is 1.63 bits per heavy atom. The number of furan rings is 1. The van der Waals surface area contributed by atoms with E-state index in [4.69, 9.17) is 4.42 Å². The second-order valence-corrected chi connectivity index (χ2v) is 15.1. The summed E-state index contributed by atoms with van der Waals surface area (Å²) >= 11 is 1.89. The maximum Gasteiger partial charge on any atom is 0.0984 e. The highest BCUT2D eigenvalue weighted by molar-refractivity contribution is 7.26. The highest BCUT2D eigenvalue weighted by atomic mass is 32.1. The van der Waals surface area contributed by atoms with Crippen LogP contribution in [-0.2, 0) is 0 Å². The Labute approximate surface area is 318 Å². The van der Waals surface area contributed by atoms with Crippen molar-refractivity contribution >= 4 is 76.0 Å². The molecule has 0 bridgehead atoms. The third kappa shape index (κ3) is 4.84. The van der Waals surface area contributed by atoms with E-state index < -0.39 is 0 Å². The summed E-state index contributed by atoms with van der Waals surface area (Å²) in [6.07, 6.45) is 10.1. The fourth-order valence-electron chi connectivity index (χ4n) is 8.73. The van der Waals surface area contributed by atoms with Gasteiger partial charge in [-0.1, -0.05) is 158 Å². The van der Waals surface area contributed by atoms with Crippen LogP contribution < -0.4 is 0 Å². The van der Waals surface area contributed by atoms with Gasteiger partial charge in [0.1, 0.15) is 0 Å². The van der Waals surface area contributed by atoms with Crippen molar-refractivity contribution in [1.29, 1.82) is 0 Å². The molecule has 0 atom stereocenters. The molecule has 0 aliphatic rings. The summed E-state index contributed by atoms with van der Waals surface area (Å²) in [5.41, 5.74) is 13.2. The van der Waals surface area contributed by atoms with Crippen molar-refractivity contribution in [2.45, 2.75) is 13.8 Å². The van der Waals surface area contributed by atoms with Crippen molar-refractivity contribution in [3.8, 4) is 44.5 Å². The number of hydrogen-bond donors (Lipinski definition) is 0. The molecule has 0 amide bonds. The molecule has 10 aromatic rings. The van der Waals surface area contributed by atoms with Gasteiger partial charge in [-0.2, -0.15) is 0 Å². The fraction of sp³-hybridized carbons (Fsp3) is 0.0385. The highest BCUT2D eigenvalue weighted by Gasteiger charge is 2.23. The zero-order chi connectivity index (χ0) is 36.3. The van der Waals surface area contributed by atoms with Gasteiger partial charge in [0.15, 0.2) is 0 Å². The molecule has 0 aliphatic carbocycles. The molecule has 2 aromatic heterocycles. The van der Waals surface area contributed by atoms with Crippen LogP contribution in [0.2, 0.25) is 0 Å². The SMILES string of the molecule is C=Cc1c(/C=C\C)c(-c2cccc3c2sc2cc(-c4c5ccccc5c(-c5ccccc5)c5ccccc45)ccc23)c2ccccc2c1-c1cocc1C. The van der Waals surface area contributed by atoms with E-state index in [0.717, 1.165) is 22.3 Å². The second-order valence-electron chi connectivity index (χ2n) is 14.0. The molecule has 0 unspecified atom stereocenters. The molecule has 2 heteroatoms. The van der Waals surface area contributed by atoms with Crippen molar-refractivity contribution in [2.24, 2.45) is 0 Å². The van der Waals surface area contributed by atoms with E-state index in [9.17, 15) is 0 Å². The van der Waals surface area contributed by atoms with Gasteiger partial charge in [0.2, 0.25) is 0 Å².